The highest BCUT2D eigenvalue weighted by molar-refractivity contribution is 5.68. The van der Waals surface area contributed by atoms with Gasteiger partial charge in [-0.3, -0.25) is 4.98 Å². The molecule has 0 bridgehead atoms. The van der Waals surface area contributed by atoms with Gasteiger partial charge in [0.1, 0.15) is 12.0 Å². The summed E-state index contributed by atoms with van der Waals surface area (Å²) in [6.07, 6.45) is 3.40. The molecule has 0 aliphatic carbocycles. The predicted octanol–water partition coefficient (Wildman–Crippen LogP) is 1.67. The molecule has 0 spiro atoms. The van der Waals surface area contributed by atoms with Crippen LogP contribution in [0.5, 0.6) is 0 Å². The molecule has 9 nitrogen and oxygen atoms in total. The SMILES string of the molecule is Cc1cc(N2Cc3nnc(-c4ccccn4)n3[C@@H](C)C2)c2nncn2n1. The molecular weight excluding hydrogens is 330 g/mol. The number of pyridine rings is 1. The highest BCUT2D eigenvalue weighted by Crippen LogP contribution is 2.31. The Balaban J connectivity index is 1.57. The van der Waals surface area contributed by atoms with Gasteiger partial charge in [-0.1, -0.05) is 6.07 Å². The van der Waals surface area contributed by atoms with E-state index in [9.17, 15) is 0 Å². The van der Waals surface area contributed by atoms with Crippen LogP contribution in [0.3, 0.4) is 0 Å². The predicted molar refractivity (Wildman–Crippen MR) is 94.5 cm³/mol. The summed E-state index contributed by atoms with van der Waals surface area (Å²) in [6.45, 7) is 5.60. The van der Waals surface area contributed by atoms with Crippen LogP contribution < -0.4 is 4.90 Å². The maximum absolute atomic E-state index is 4.42. The number of rotatable bonds is 2. The third-order valence-corrected chi connectivity index (χ3v) is 4.63. The Morgan fingerprint density at radius 3 is 2.92 bits per heavy atom. The van der Waals surface area contributed by atoms with Gasteiger partial charge < -0.3 is 9.47 Å². The Bertz CT molecular complexity index is 1080. The molecule has 0 radical (unpaired) electrons. The van der Waals surface area contributed by atoms with Crippen LogP contribution >= 0.6 is 0 Å². The van der Waals surface area contributed by atoms with E-state index in [4.69, 9.17) is 0 Å². The monoisotopic (exact) mass is 347 g/mol. The van der Waals surface area contributed by atoms with Crippen LogP contribution in [0, 0.1) is 6.92 Å². The van der Waals surface area contributed by atoms with Crippen LogP contribution in [0.15, 0.2) is 36.8 Å². The molecule has 0 amide bonds. The Hall–Kier alpha value is -3.36. The van der Waals surface area contributed by atoms with Crippen molar-refractivity contribution in [2.75, 3.05) is 11.4 Å². The molecule has 4 aromatic heterocycles. The van der Waals surface area contributed by atoms with Crippen LogP contribution in [0.2, 0.25) is 0 Å². The Morgan fingerprint density at radius 2 is 2.08 bits per heavy atom. The first-order valence-electron chi connectivity index (χ1n) is 8.48. The van der Waals surface area contributed by atoms with Crippen molar-refractivity contribution in [1.29, 1.82) is 0 Å². The van der Waals surface area contributed by atoms with Gasteiger partial charge >= 0.3 is 0 Å². The summed E-state index contributed by atoms with van der Waals surface area (Å²) in [7, 11) is 0. The molecule has 5 heterocycles. The molecule has 1 aliphatic rings. The zero-order valence-corrected chi connectivity index (χ0v) is 14.5. The normalized spacial score (nSPS) is 16.8. The first-order valence-corrected chi connectivity index (χ1v) is 8.48. The van der Waals surface area contributed by atoms with Gasteiger partial charge in [0.15, 0.2) is 11.6 Å². The highest BCUT2D eigenvalue weighted by atomic mass is 15.4. The average molecular weight is 347 g/mol. The highest BCUT2D eigenvalue weighted by Gasteiger charge is 2.29. The number of anilines is 1. The number of hydrogen-bond donors (Lipinski definition) is 0. The molecule has 0 saturated carbocycles. The van der Waals surface area contributed by atoms with Crippen molar-refractivity contribution < 1.29 is 0 Å². The van der Waals surface area contributed by atoms with E-state index in [2.05, 4.69) is 46.9 Å². The quantitative estimate of drug-likeness (QED) is 0.545. The van der Waals surface area contributed by atoms with Crippen molar-refractivity contribution in [3.63, 3.8) is 0 Å². The molecule has 0 fully saturated rings. The maximum Gasteiger partial charge on any atom is 0.200 e. The van der Waals surface area contributed by atoms with Crippen molar-refractivity contribution >= 4 is 11.3 Å². The summed E-state index contributed by atoms with van der Waals surface area (Å²) in [5.74, 6) is 1.72. The van der Waals surface area contributed by atoms with Gasteiger partial charge in [0.2, 0.25) is 5.65 Å². The fourth-order valence-electron chi connectivity index (χ4n) is 3.55. The number of fused-ring (bicyclic) bond motifs is 2. The minimum Gasteiger partial charge on any atom is -0.359 e. The molecule has 5 rings (SSSR count). The molecule has 4 aromatic rings. The third kappa shape index (κ3) is 2.24. The van der Waals surface area contributed by atoms with Crippen molar-refractivity contribution in [3.05, 3.63) is 48.3 Å². The number of hydrogen-bond acceptors (Lipinski definition) is 7. The minimum atomic E-state index is 0.196. The van der Waals surface area contributed by atoms with Gasteiger partial charge in [0, 0.05) is 12.7 Å². The third-order valence-electron chi connectivity index (χ3n) is 4.63. The second-order valence-electron chi connectivity index (χ2n) is 6.52. The van der Waals surface area contributed by atoms with Crippen LogP contribution in [-0.2, 0) is 6.54 Å². The van der Waals surface area contributed by atoms with Gasteiger partial charge in [-0.15, -0.1) is 20.4 Å². The number of nitrogens with zero attached hydrogens (tertiary/aromatic N) is 9. The molecule has 0 saturated heterocycles. The number of aromatic nitrogens is 8. The van der Waals surface area contributed by atoms with Gasteiger partial charge in [0.25, 0.3) is 0 Å². The molecule has 0 N–H and O–H groups in total. The van der Waals surface area contributed by atoms with Gasteiger partial charge in [0.05, 0.1) is 24.0 Å². The molecule has 130 valence electrons. The molecule has 0 aromatic carbocycles. The van der Waals surface area contributed by atoms with Gasteiger partial charge in [-0.05, 0) is 32.0 Å². The summed E-state index contributed by atoms with van der Waals surface area (Å²) >= 11 is 0. The summed E-state index contributed by atoms with van der Waals surface area (Å²) in [6, 6.07) is 8.07. The molecular formula is C17H17N9. The molecule has 1 atom stereocenters. The first kappa shape index (κ1) is 14.9. The standard InChI is InChI=1S/C17H17N9/c1-11-7-14(17-21-19-10-25(17)23-11)24-8-12(2)26-15(9-24)20-22-16(26)13-5-3-4-6-18-13/h3-7,10,12H,8-9H2,1-2H3/t12-/m0/s1. The van der Waals surface area contributed by atoms with Crippen LogP contribution in [0.25, 0.3) is 17.2 Å². The zero-order valence-electron chi connectivity index (χ0n) is 14.5. The second kappa shape index (κ2) is 5.58. The fourth-order valence-corrected chi connectivity index (χ4v) is 3.55. The summed E-state index contributed by atoms with van der Waals surface area (Å²) in [5.41, 5.74) is 3.52. The topological polar surface area (TPSA) is 89.9 Å². The first-order chi connectivity index (χ1) is 12.7. The van der Waals surface area contributed by atoms with Crippen LogP contribution in [-0.4, -0.2) is 46.1 Å². The number of aryl methyl sites for hydroxylation is 1. The van der Waals surface area contributed by atoms with E-state index in [-0.39, 0.29) is 6.04 Å². The molecule has 0 unspecified atom stereocenters. The smallest absolute Gasteiger partial charge is 0.200 e. The summed E-state index contributed by atoms with van der Waals surface area (Å²) in [5, 5.41) is 21.5. The molecule has 1 aliphatic heterocycles. The summed E-state index contributed by atoms with van der Waals surface area (Å²) < 4.78 is 3.89. The lowest BCUT2D eigenvalue weighted by molar-refractivity contribution is 0.466. The van der Waals surface area contributed by atoms with Crippen molar-refractivity contribution in [2.45, 2.75) is 26.4 Å². The fraction of sp³-hybridized carbons (Fsp3) is 0.294. The molecule has 9 heteroatoms. The van der Waals surface area contributed by atoms with E-state index >= 15 is 0 Å². The lowest BCUT2D eigenvalue weighted by Crippen LogP contribution is -2.37. The van der Waals surface area contributed by atoms with Gasteiger partial charge in [-0.2, -0.15) is 9.61 Å². The minimum absolute atomic E-state index is 0.196. The van der Waals surface area contributed by atoms with Gasteiger partial charge in [-0.25, -0.2) is 0 Å². The van der Waals surface area contributed by atoms with Crippen molar-refractivity contribution in [3.8, 4) is 11.5 Å². The van der Waals surface area contributed by atoms with Crippen molar-refractivity contribution in [2.24, 2.45) is 0 Å². The lowest BCUT2D eigenvalue weighted by atomic mass is 10.2. The van der Waals surface area contributed by atoms with E-state index in [1.54, 1.807) is 17.0 Å². The van der Waals surface area contributed by atoms with Crippen LogP contribution in [0.1, 0.15) is 24.5 Å². The van der Waals surface area contributed by atoms with E-state index in [1.165, 1.54) is 0 Å². The summed E-state index contributed by atoms with van der Waals surface area (Å²) in [4.78, 5) is 6.68. The van der Waals surface area contributed by atoms with E-state index in [1.807, 2.05) is 31.2 Å². The Morgan fingerprint density at radius 1 is 1.15 bits per heavy atom. The largest absolute Gasteiger partial charge is 0.359 e. The lowest BCUT2D eigenvalue weighted by Gasteiger charge is -2.34. The van der Waals surface area contributed by atoms with Crippen molar-refractivity contribution in [1.82, 2.24) is 39.6 Å². The van der Waals surface area contributed by atoms with Crippen LogP contribution in [0.4, 0.5) is 5.69 Å². The van der Waals surface area contributed by atoms with E-state index in [0.717, 1.165) is 40.9 Å². The Labute approximate surface area is 149 Å². The maximum atomic E-state index is 4.42. The Kier molecular flexibility index (Phi) is 3.21. The van der Waals surface area contributed by atoms with E-state index < -0.39 is 0 Å². The average Bonchev–Trinajstić information content (AvgIpc) is 3.28. The molecule has 26 heavy (non-hydrogen) atoms. The second-order valence-corrected chi connectivity index (χ2v) is 6.52. The van der Waals surface area contributed by atoms with E-state index in [0.29, 0.717) is 6.54 Å². The zero-order chi connectivity index (χ0) is 17.7.